The van der Waals surface area contributed by atoms with Crippen molar-refractivity contribution < 1.29 is 19.1 Å². The third-order valence-corrected chi connectivity index (χ3v) is 8.17. The summed E-state index contributed by atoms with van der Waals surface area (Å²) in [5.41, 5.74) is 4.87. The van der Waals surface area contributed by atoms with E-state index in [0.29, 0.717) is 50.8 Å². The third kappa shape index (κ3) is 4.26. The van der Waals surface area contributed by atoms with E-state index in [2.05, 4.69) is 50.2 Å². The average Bonchev–Trinajstić information content (AvgIpc) is 3.18. The quantitative estimate of drug-likeness (QED) is 0.522. The van der Waals surface area contributed by atoms with Crippen LogP contribution in [-0.2, 0) is 14.3 Å². The standard InChI is InChI=1S/C29H35NO4/c1-3-19(4-2)13-28(31)20-14-21-16-33-17-22(15-20)30(21)29(32)34-18-27-25-11-7-5-9-23(25)24-10-6-8-12-26(24)27/h5-12,19-22,27H,3-4,13-18H2,1-2H3. The number of hydrogen-bond donors (Lipinski definition) is 0. The molecule has 0 radical (unpaired) electrons. The van der Waals surface area contributed by atoms with E-state index in [1.54, 1.807) is 0 Å². The number of carbonyl (C=O) groups is 2. The molecule has 34 heavy (non-hydrogen) atoms. The largest absolute Gasteiger partial charge is 0.448 e. The first-order valence-electron chi connectivity index (χ1n) is 12.8. The highest BCUT2D eigenvalue weighted by Crippen LogP contribution is 2.44. The molecule has 2 heterocycles. The van der Waals surface area contributed by atoms with Gasteiger partial charge in [0.25, 0.3) is 0 Å². The van der Waals surface area contributed by atoms with Crippen LogP contribution in [0.1, 0.15) is 63.0 Å². The van der Waals surface area contributed by atoms with Gasteiger partial charge in [0.15, 0.2) is 0 Å². The van der Waals surface area contributed by atoms with E-state index < -0.39 is 0 Å². The van der Waals surface area contributed by atoms with Crippen LogP contribution in [0.3, 0.4) is 0 Å². The van der Waals surface area contributed by atoms with Crippen LogP contribution >= 0.6 is 0 Å². The zero-order valence-corrected chi connectivity index (χ0v) is 20.2. The Labute approximate surface area is 202 Å². The van der Waals surface area contributed by atoms with Gasteiger partial charge in [-0.05, 0) is 41.0 Å². The fourth-order valence-corrected chi connectivity index (χ4v) is 6.17. The van der Waals surface area contributed by atoms with Crippen molar-refractivity contribution in [2.45, 2.75) is 64.0 Å². The fourth-order valence-electron chi connectivity index (χ4n) is 6.17. The number of Topliss-reactive ketones (excluding diaryl/α,β-unsaturated/α-hetero) is 1. The Kier molecular flexibility index (Phi) is 6.73. The smallest absolute Gasteiger partial charge is 0.410 e. The molecule has 2 aromatic rings. The minimum absolute atomic E-state index is 0.0251. The molecule has 180 valence electrons. The average molecular weight is 462 g/mol. The number of nitrogens with zero attached hydrogens (tertiary/aromatic N) is 1. The lowest BCUT2D eigenvalue weighted by Gasteiger charge is -2.47. The van der Waals surface area contributed by atoms with Crippen molar-refractivity contribution in [2.75, 3.05) is 19.8 Å². The molecule has 0 spiro atoms. The molecule has 0 N–H and O–H groups in total. The maximum atomic E-state index is 13.3. The van der Waals surface area contributed by atoms with Crippen LogP contribution in [0.25, 0.3) is 11.1 Å². The number of fused-ring (bicyclic) bond motifs is 5. The molecular formula is C29H35NO4. The van der Waals surface area contributed by atoms with Crippen LogP contribution in [0, 0.1) is 11.8 Å². The predicted molar refractivity (Wildman–Crippen MR) is 132 cm³/mol. The van der Waals surface area contributed by atoms with Crippen molar-refractivity contribution in [3.8, 4) is 11.1 Å². The molecule has 5 heteroatoms. The van der Waals surface area contributed by atoms with Crippen molar-refractivity contribution in [3.63, 3.8) is 0 Å². The highest BCUT2D eigenvalue weighted by Gasteiger charge is 2.44. The summed E-state index contributed by atoms with van der Waals surface area (Å²) in [5.74, 6) is 0.894. The van der Waals surface area contributed by atoms with Gasteiger partial charge >= 0.3 is 6.09 Å². The maximum Gasteiger partial charge on any atom is 0.410 e. The summed E-state index contributed by atoms with van der Waals surface area (Å²) in [5, 5.41) is 0. The highest BCUT2D eigenvalue weighted by atomic mass is 16.6. The molecule has 0 aromatic heterocycles. The lowest BCUT2D eigenvalue weighted by molar-refractivity contribution is -0.132. The molecule has 3 aliphatic rings. The van der Waals surface area contributed by atoms with Crippen molar-refractivity contribution in [1.82, 2.24) is 4.90 Å². The van der Waals surface area contributed by atoms with E-state index in [4.69, 9.17) is 9.47 Å². The molecular weight excluding hydrogens is 426 g/mol. The van der Waals surface area contributed by atoms with E-state index in [1.165, 1.54) is 22.3 Å². The molecule has 2 unspecified atom stereocenters. The summed E-state index contributed by atoms with van der Waals surface area (Å²) in [4.78, 5) is 28.2. The van der Waals surface area contributed by atoms with Crippen LogP contribution in [0.5, 0.6) is 0 Å². The van der Waals surface area contributed by atoms with Gasteiger partial charge in [0.2, 0.25) is 0 Å². The first-order chi connectivity index (χ1) is 16.6. The number of morpholine rings is 1. The first-order valence-corrected chi connectivity index (χ1v) is 12.8. The number of benzene rings is 2. The summed E-state index contributed by atoms with van der Waals surface area (Å²) in [6, 6.07) is 16.6. The van der Waals surface area contributed by atoms with Gasteiger partial charge in [-0.25, -0.2) is 4.79 Å². The van der Waals surface area contributed by atoms with Crippen LogP contribution in [0.2, 0.25) is 0 Å². The monoisotopic (exact) mass is 461 g/mol. The second-order valence-electron chi connectivity index (χ2n) is 10.1. The number of hydrogen-bond acceptors (Lipinski definition) is 4. The van der Waals surface area contributed by atoms with Gasteiger partial charge in [-0.15, -0.1) is 0 Å². The van der Waals surface area contributed by atoms with Gasteiger partial charge in [-0.1, -0.05) is 75.2 Å². The Morgan fingerprint density at radius 2 is 1.50 bits per heavy atom. The van der Waals surface area contributed by atoms with Crippen LogP contribution in [-0.4, -0.2) is 48.7 Å². The fraction of sp³-hybridized carbons (Fsp3) is 0.517. The van der Waals surface area contributed by atoms with Gasteiger partial charge in [0.1, 0.15) is 12.4 Å². The van der Waals surface area contributed by atoms with E-state index in [0.717, 1.165) is 12.8 Å². The number of ether oxygens (including phenoxy) is 2. The molecule has 1 aliphatic carbocycles. The van der Waals surface area contributed by atoms with E-state index in [-0.39, 0.29) is 30.0 Å². The van der Waals surface area contributed by atoms with E-state index in [1.807, 2.05) is 17.0 Å². The molecule has 5 nitrogen and oxygen atoms in total. The first kappa shape index (κ1) is 23.1. The topological polar surface area (TPSA) is 55.8 Å². The van der Waals surface area contributed by atoms with Crippen molar-refractivity contribution in [1.29, 1.82) is 0 Å². The predicted octanol–water partition coefficient (Wildman–Crippen LogP) is 5.81. The van der Waals surface area contributed by atoms with Gasteiger partial charge < -0.3 is 9.47 Å². The molecule has 0 saturated carbocycles. The Hall–Kier alpha value is -2.66. The Bertz CT molecular complexity index is 986. The van der Waals surface area contributed by atoms with Crippen molar-refractivity contribution in [3.05, 3.63) is 59.7 Å². The van der Waals surface area contributed by atoms with Crippen LogP contribution in [0.15, 0.2) is 48.5 Å². The number of carbonyl (C=O) groups excluding carboxylic acids is 2. The minimum Gasteiger partial charge on any atom is -0.448 e. The number of ketones is 1. The number of rotatable bonds is 7. The van der Waals surface area contributed by atoms with Gasteiger partial charge in [0.05, 0.1) is 25.3 Å². The van der Waals surface area contributed by atoms with Crippen LogP contribution in [0.4, 0.5) is 4.79 Å². The molecule has 5 rings (SSSR count). The normalized spacial score (nSPS) is 23.5. The minimum atomic E-state index is -0.272. The second kappa shape index (κ2) is 9.91. The van der Waals surface area contributed by atoms with Gasteiger partial charge in [-0.2, -0.15) is 0 Å². The summed E-state index contributed by atoms with van der Waals surface area (Å²) < 4.78 is 11.7. The Morgan fingerprint density at radius 3 is 2.06 bits per heavy atom. The van der Waals surface area contributed by atoms with E-state index in [9.17, 15) is 9.59 Å². The zero-order chi connectivity index (χ0) is 23.7. The molecule has 2 atom stereocenters. The van der Waals surface area contributed by atoms with Gasteiger partial charge in [0, 0.05) is 18.3 Å². The van der Waals surface area contributed by atoms with Crippen LogP contribution < -0.4 is 0 Å². The van der Waals surface area contributed by atoms with Crippen molar-refractivity contribution in [2.24, 2.45) is 11.8 Å². The SMILES string of the molecule is CCC(CC)CC(=O)C1CC2COCC(C1)N2C(=O)OCC1c2ccccc2-c2ccccc21. The second-order valence-corrected chi connectivity index (χ2v) is 10.1. The summed E-state index contributed by atoms with van der Waals surface area (Å²) in [7, 11) is 0. The van der Waals surface area contributed by atoms with Gasteiger partial charge in [-0.3, -0.25) is 9.69 Å². The molecule has 2 aliphatic heterocycles. The molecule has 2 aromatic carbocycles. The Morgan fingerprint density at radius 1 is 0.941 bits per heavy atom. The Balaban J connectivity index is 1.26. The van der Waals surface area contributed by atoms with Crippen molar-refractivity contribution >= 4 is 11.9 Å². The molecule has 2 bridgehead atoms. The number of piperidine rings is 1. The summed E-state index contributed by atoms with van der Waals surface area (Å²) in [6.07, 6.45) is 3.82. The maximum absolute atomic E-state index is 13.3. The summed E-state index contributed by atoms with van der Waals surface area (Å²) >= 11 is 0. The third-order valence-electron chi connectivity index (χ3n) is 8.17. The lowest BCUT2D eigenvalue weighted by atomic mass is 9.79. The summed E-state index contributed by atoms with van der Waals surface area (Å²) in [6.45, 7) is 5.60. The zero-order valence-electron chi connectivity index (χ0n) is 20.2. The molecule has 1 amide bonds. The highest BCUT2D eigenvalue weighted by molar-refractivity contribution is 5.82. The van der Waals surface area contributed by atoms with E-state index >= 15 is 0 Å². The lowest BCUT2D eigenvalue weighted by Crippen LogP contribution is -2.60. The number of amides is 1. The molecule has 2 fully saturated rings. The molecule has 2 saturated heterocycles.